The smallest absolute Gasteiger partial charge is 0.202 e. The van der Waals surface area contributed by atoms with Gasteiger partial charge in [0.25, 0.3) is 0 Å². The van der Waals surface area contributed by atoms with Crippen LogP contribution in [0.3, 0.4) is 0 Å². The molecular weight excluding hydrogens is 240 g/mol. The molecule has 5 N–H and O–H groups in total. The van der Waals surface area contributed by atoms with Crippen LogP contribution in [0.5, 0.6) is 0 Å². The van der Waals surface area contributed by atoms with Gasteiger partial charge in [0.05, 0.1) is 0 Å². The van der Waals surface area contributed by atoms with Crippen molar-refractivity contribution in [3.8, 4) is 0 Å². The molecule has 0 aromatic heterocycles. The molecule has 0 unspecified atom stereocenters. The van der Waals surface area contributed by atoms with Crippen molar-refractivity contribution in [1.82, 2.24) is 5.01 Å². The van der Waals surface area contributed by atoms with E-state index < -0.39 is 0 Å². The molecule has 0 atom stereocenters. The van der Waals surface area contributed by atoms with E-state index in [1.165, 1.54) is 7.05 Å². The molecule has 0 radical (unpaired) electrons. The van der Waals surface area contributed by atoms with Crippen molar-refractivity contribution in [2.75, 3.05) is 7.05 Å². The summed E-state index contributed by atoms with van der Waals surface area (Å²) < 4.78 is 0. The zero-order valence-electron chi connectivity index (χ0n) is 4.42. The number of hydrogen-bond donors (Lipinski definition) is 3. The van der Waals surface area contributed by atoms with Crippen LogP contribution in [0.4, 0.5) is 0 Å². The molecule has 52 valence electrons. The number of hydrazine groups is 1. The summed E-state index contributed by atoms with van der Waals surface area (Å²) in [5.74, 6) is 4.79. The lowest BCUT2D eigenvalue weighted by molar-refractivity contribution is 0.528. The second-order valence-electron chi connectivity index (χ2n) is 0.996. The second-order valence-corrected chi connectivity index (χ2v) is 0.996. The van der Waals surface area contributed by atoms with Gasteiger partial charge in [0.2, 0.25) is 5.96 Å². The quantitative estimate of drug-likeness (QED) is 0.242. The van der Waals surface area contributed by atoms with Crippen LogP contribution in [0.25, 0.3) is 0 Å². The normalized spacial score (nSPS) is 5.75. The highest BCUT2D eigenvalue weighted by atomic mass is 79.9. The molecule has 0 saturated heterocycles. The second kappa shape index (κ2) is 7.19. The molecule has 0 aliphatic heterocycles. The summed E-state index contributed by atoms with van der Waals surface area (Å²) >= 11 is 0. The van der Waals surface area contributed by atoms with E-state index in [1.807, 2.05) is 0 Å². The molecular formula is C2H10Br2N4. The Morgan fingerprint density at radius 3 is 1.62 bits per heavy atom. The van der Waals surface area contributed by atoms with E-state index in [0.29, 0.717) is 0 Å². The van der Waals surface area contributed by atoms with E-state index >= 15 is 0 Å². The predicted molar refractivity (Wildman–Crippen MR) is 44.5 cm³/mol. The van der Waals surface area contributed by atoms with Gasteiger partial charge in [-0.3, -0.25) is 10.4 Å². The minimum atomic E-state index is -0.130. The Kier molecular flexibility index (Phi) is 14.1. The van der Waals surface area contributed by atoms with Gasteiger partial charge in [0.15, 0.2) is 0 Å². The maximum atomic E-state index is 6.53. The van der Waals surface area contributed by atoms with Crippen molar-refractivity contribution in [3.05, 3.63) is 0 Å². The summed E-state index contributed by atoms with van der Waals surface area (Å²) in [6.07, 6.45) is 0. The molecule has 0 aromatic carbocycles. The standard InChI is InChI=1S/C2H8N4.2BrH/c1-6(5)2(3)4;;/h5H2,1H3,(H3,3,4);2*1H. The van der Waals surface area contributed by atoms with E-state index in [9.17, 15) is 0 Å². The van der Waals surface area contributed by atoms with Crippen molar-refractivity contribution in [3.63, 3.8) is 0 Å². The van der Waals surface area contributed by atoms with Gasteiger partial charge in [-0.05, 0) is 0 Å². The highest BCUT2D eigenvalue weighted by molar-refractivity contribution is 8.93. The molecule has 0 aromatic rings. The van der Waals surface area contributed by atoms with Gasteiger partial charge in [-0.15, -0.1) is 34.0 Å². The van der Waals surface area contributed by atoms with E-state index in [2.05, 4.69) is 0 Å². The van der Waals surface area contributed by atoms with Gasteiger partial charge >= 0.3 is 0 Å². The summed E-state index contributed by atoms with van der Waals surface area (Å²) in [5, 5.41) is 7.56. The van der Waals surface area contributed by atoms with Gasteiger partial charge in [-0.25, -0.2) is 5.84 Å². The summed E-state index contributed by atoms with van der Waals surface area (Å²) in [5.41, 5.74) is 4.82. The molecule has 8 heavy (non-hydrogen) atoms. The van der Waals surface area contributed by atoms with Gasteiger partial charge < -0.3 is 5.73 Å². The molecule has 0 heterocycles. The first kappa shape index (κ1) is 15.7. The topological polar surface area (TPSA) is 79.1 Å². The van der Waals surface area contributed by atoms with Crippen molar-refractivity contribution >= 4 is 39.9 Å². The molecule has 4 nitrogen and oxygen atoms in total. The largest absolute Gasteiger partial charge is 0.369 e. The molecule has 0 aliphatic carbocycles. The maximum absolute atomic E-state index is 6.53. The van der Waals surface area contributed by atoms with Crippen LogP contribution >= 0.6 is 34.0 Å². The SMILES string of the molecule is Br.Br.CN(N)C(=N)N. The minimum Gasteiger partial charge on any atom is -0.369 e. The number of nitrogens with one attached hydrogen (secondary N) is 1. The van der Waals surface area contributed by atoms with Crippen molar-refractivity contribution in [1.29, 1.82) is 5.41 Å². The Labute approximate surface area is 69.2 Å². The van der Waals surface area contributed by atoms with Gasteiger partial charge in [0, 0.05) is 7.05 Å². The average molecular weight is 250 g/mol. The van der Waals surface area contributed by atoms with Crippen LogP contribution in [0, 0.1) is 5.41 Å². The van der Waals surface area contributed by atoms with Gasteiger partial charge in [-0.1, -0.05) is 0 Å². The first-order valence-electron chi connectivity index (χ1n) is 1.47. The molecule has 0 fully saturated rings. The number of nitrogens with zero attached hydrogens (tertiary/aromatic N) is 1. The van der Waals surface area contributed by atoms with Gasteiger partial charge in [-0.2, -0.15) is 0 Å². The minimum absolute atomic E-state index is 0. The first-order chi connectivity index (χ1) is 2.64. The molecule has 0 spiro atoms. The third-order valence-corrected chi connectivity index (χ3v) is 0.380. The highest BCUT2D eigenvalue weighted by Crippen LogP contribution is 1.55. The molecule has 6 heteroatoms. The van der Waals surface area contributed by atoms with Crippen molar-refractivity contribution in [2.24, 2.45) is 11.6 Å². The van der Waals surface area contributed by atoms with Crippen LogP contribution < -0.4 is 11.6 Å². The third kappa shape index (κ3) is 9.50. The highest BCUT2D eigenvalue weighted by Gasteiger charge is 1.83. The Bertz CT molecular complexity index is 63.1. The summed E-state index contributed by atoms with van der Waals surface area (Å²) in [6, 6.07) is 0. The Balaban J connectivity index is -0.000000125. The fourth-order valence-electron chi connectivity index (χ4n) is 0. The number of halogens is 2. The van der Waals surface area contributed by atoms with Crippen LogP contribution in [0.2, 0.25) is 0 Å². The lowest BCUT2D eigenvalue weighted by Gasteiger charge is -2.05. The fraction of sp³-hybridized carbons (Fsp3) is 0.500. The van der Waals surface area contributed by atoms with E-state index in [4.69, 9.17) is 17.0 Å². The molecule has 0 bridgehead atoms. The van der Waals surface area contributed by atoms with Crippen LogP contribution in [-0.4, -0.2) is 18.0 Å². The lowest BCUT2D eigenvalue weighted by Crippen LogP contribution is -2.38. The zero-order chi connectivity index (χ0) is 5.15. The average Bonchev–Trinajstić information content (AvgIpc) is 1.36. The van der Waals surface area contributed by atoms with E-state index in [-0.39, 0.29) is 39.9 Å². The Morgan fingerprint density at radius 2 is 1.62 bits per heavy atom. The summed E-state index contributed by atoms with van der Waals surface area (Å²) in [6.45, 7) is 0. The zero-order valence-corrected chi connectivity index (χ0v) is 7.84. The predicted octanol–water partition coefficient (Wildman–Crippen LogP) is -0.159. The van der Waals surface area contributed by atoms with Crippen LogP contribution in [-0.2, 0) is 0 Å². The van der Waals surface area contributed by atoms with E-state index in [0.717, 1.165) is 5.01 Å². The lowest BCUT2D eigenvalue weighted by atomic mass is 11.0. The molecule has 0 rings (SSSR count). The van der Waals surface area contributed by atoms with Crippen molar-refractivity contribution in [2.45, 2.75) is 0 Å². The first-order valence-corrected chi connectivity index (χ1v) is 1.47. The number of hydrogen-bond acceptors (Lipinski definition) is 2. The van der Waals surface area contributed by atoms with E-state index in [1.54, 1.807) is 0 Å². The number of guanidine groups is 1. The number of nitrogens with two attached hydrogens (primary N) is 2. The summed E-state index contributed by atoms with van der Waals surface area (Å²) in [4.78, 5) is 0. The van der Waals surface area contributed by atoms with Crippen LogP contribution in [0.1, 0.15) is 0 Å². The van der Waals surface area contributed by atoms with Crippen LogP contribution in [0.15, 0.2) is 0 Å². The number of rotatable bonds is 0. The van der Waals surface area contributed by atoms with Crippen molar-refractivity contribution < 1.29 is 0 Å². The third-order valence-electron chi connectivity index (χ3n) is 0.380. The Morgan fingerprint density at radius 1 is 1.50 bits per heavy atom. The Hall–Kier alpha value is 0.190. The molecule has 0 saturated carbocycles. The maximum Gasteiger partial charge on any atom is 0.202 e. The summed E-state index contributed by atoms with van der Waals surface area (Å²) in [7, 11) is 1.50. The molecule has 0 aliphatic rings. The van der Waals surface area contributed by atoms with Gasteiger partial charge in [0.1, 0.15) is 0 Å². The monoisotopic (exact) mass is 248 g/mol. The molecule has 0 amide bonds. The fourth-order valence-corrected chi connectivity index (χ4v) is 0.